The predicted molar refractivity (Wildman–Crippen MR) is 51.4 cm³/mol. The van der Waals surface area contributed by atoms with Gasteiger partial charge in [-0.05, 0) is 18.4 Å². The maximum absolute atomic E-state index is 12.3. The van der Waals surface area contributed by atoms with Crippen LogP contribution in [0.5, 0.6) is 0 Å². The fraction of sp³-hybridized carbons (Fsp3) is 0.556. The van der Waals surface area contributed by atoms with Crippen molar-refractivity contribution in [2.24, 2.45) is 0 Å². The molecule has 1 aliphatic rings. The SMILES string of the molecule is F[B-](F)(F)Cc1cncnc1C1CCC1. The summed E-state index contributed by atoms with van der Waals surface area (Å²) in [6, 6.07) is 0. The third-order valence-electron chi connectivity index (χ3n) is 2.77. The molecule has 0 amide bonds. The van der Waals surface area contributed by atoms with E-state index in [0.29, 0.717) is 5.69 Å². The quantitative estimate of drug-likeness (QED) is 0.724. The number of halogens is 3. The van der Waals surface area contributed by atoms with Gasteiger partial charge in [0.15, 0.2) is 0 Å². The predicted octanol–water partition coefficient (Wildman–Crippen LogP) is 2.67. The summed E-state index contributed by atoms with van der Waals surface area (Å²) >= 11 is 0. The van der Waals surface area contributed by atoms with Crippen LogP contribution in [0.25, 0.3) is 0 Å². The highest BCUT2D eigenvalue weighted by molar-refractivity contribution is 6.57. The summed E-state index contributed by atoms with van der Waals surface area (Å²) in [6.07, 6.45) is 4.78. The van der Waals surface area contributed by atoms with E-state index in [4.69, 9.17) is 0 Å². The van der Waals surface area contributed by atoms with Gasteiger partial charge < -0.3 is 12.9 Å². The van der Waals surface area contributed by atoms with Gasteiger partial charge in [-0.1, -0.05) is 12.7 Å². The van der Waals surface area contributed by atoms with Crippen LogP contribution in [0.4, 0.5) is 12.9 Å². The van der Waals surface area contributed by atoms with Crippen molar-refractivity contribution in [1.29, 1.82) is 0 Å². The second-order valence-corrected chi connectivity index (χ2v) is 3.98. The van der Waals surface area contributed by atoms with E-state index < -0.39 is 13.3 Å². The first-order valence-electron chi connectivity index (χ1n) is 5.06. The molecule has 0 aromatic carbocycles. The van der Waals surface area contributed by atoms with E-state index in [1.807, 2.05) is 0 Å². The normalized spacial score (nSPS) is 17.5. The number of nitrogens with zero attached hydrogens (tertiary/aromatic N) is 2. The van der Waals surface area contributed by atoms with Gasteiger partial charge in [-0.2, -0.15) is 0 Å². The van der Waals surface area contributed by atoms with Crippen molar-refractivity contribution in [3.63, 3.8) is 0 Å². The molecule has 2 rings (SSSR count). The van der Waals surface area contributed by atoms with Crippen molar-refractivity contribution < 1.29 is 12.9 Å². The van der Waals surface area contributed by atoms with Crippen LogP contribution in [-0.2, 0) is 6.32 Å². The molecule has 0 aliphatic heterocycles. The summed E-state index contributed by atoms with van der Waals surface area (Å²) in [5.74, 6) is 0.223. The maximum Gasteiger partial charge on any atom is 0.482 e. The van der Waals surface area contributed by atoms with E-state index in [-0.39, 0.29) is 11.5 Å². The molecular formula is C9H11BF3N2-. The van der Waals surface area contributed by atoms with Crippen molar-refractivity contribution >= 4 is 6.98 Å². The molecule has 0 unspecified atom stereocenters. The van der Waals surface area contributed by atoms with Gasteiger partial charge in [0.05, 0.1) is 0 Å². The number of aromatic nitrogens is 2. The Morgan fingerprint density at radius 2 is 2.07 bits per heavy atom. The summed E-state index contributed by atoms with van der Waals surface area (Å²) in [6.45, 7) is -4.79. The van der Waals surface area contributed by atoms with Gasteiger partial charge >= 0.3 is 6.98 Å². The Morgan fingerprint density at radius 3 is 2.60 bits per heavy atom. The zero-order valence-electron chi connectivity index (χ0n) is 8.17. The van der Waals surface area contributed by atoms with Crippen LogP contribution in [0, 0.1) is 0 Å². The minimum absolute atomic E-state index is 0.223. The number of hydrogen-bond donors (Lipinski definition) is 0. The van der Waals surface area contributed by atoms with E-state index in [1.165, 1.54) is 12.5 Å². The lowest BCUT2D eigenvalue weighted by molar-refractivity contribution is 0.406. The molecule has 1 aliphatic carbocycles. The first kappa shape index (κ1) is 10.5. The van der Waals surface area contributed by atoms with Crippen LogP contribution in [0.15, 0.2) is 12.5 Å². The van der Waals surface area contributed by atoms with Crippen LogP contribution >= 0.6 is 0 Å². The van der Waals surface area contributed by atoms with Crippen LogP contribution in [0.1, 0.15) is 36.4 Å². The molecule has 1 saturated carbocycles. The lowest BCUT2D eigenvalue weighted by Crippen LogP contribution is -2.23. The zero-order chi connectivity index (χ0) is 10.9. The third-order valence-corrected chi connectivity index (χ3v) is 2.77. The largest absolute Gasteiger partial charge is 0.482 e. The van der Waals surface area contributed by atoms with E-state index >= 15 is 0 Å². The molecule has 82 valence electrons. The third kappa shape index (κ3) is 2.49. The maximum atomic E-state index is 12.3. The van der Waals surface area contributed by atoms with Crippen molar-refractivity contribution in [1.82, 2.24) is 9.97 Å². The van der Waals surface area contributed by atoms with Gasteiger partial charge in [0.2, 0.25) is 0 Å². The Balaban J connectivity index is 2.21. The summed E-state index contributed by atoms with van der Waals surface area (Å²) in [7, 11) is 0. The van der Waals surface area contributed by atoms with Crippen LogP contribution in [-0.4, -0.2) is 16.9 Å². The molecule has 6 heteroatoms. The van der Waals surface area contributed by atoms with Crippen molar-refractivity contribution in [2.75, 3.05) is 0 Å². The second-order valence-electron chi connectivity index (χ2n) is 3.98. The summed E-state index contributed by atoms with van der Waals surface area (Å²) in [4.78, 5) is 7.65. The fourth-order valence-corrected chi connectivity index (χ4v) is 1.82. The minimum Gasteiger partial charge on any atom is -0.449 e. The molecule has 0 radical (unpaired) electrons. The Bertz CT molecular complexity index is 349. The smallest absolute Gasteiger partial charge is 0.449 e. The molecule has 0 bridgehead atoms. The molecule has 1 fully saturated rings. The molecule has 1 aromatic heterocycles. The Kier molecular flexibility index (Phi) is 2.67. The zero-order valence-corrected chi connectivity index (χ0v) is 8.17. The second kappa shape index (κ2) is 3.83. The summed E-state index contributed by atoms with van der Waals surface area (Å²) in [5, 5.41) is 0. The summed E-state index contributed by atoms with van der Waals surface area (Å²) < 4.78 is 36.9. The monoisotopic (exact) mass is 215 g/mol. The molecule has 0 atom stereocenters. The molecule has 0 saturated heterocycles. The molecule has 1 aromatic rings. The Hall–Kier alpha value is -1.07. The van der Waals surface area contributed by atoms with Crippen molar-refractivity contribution in [2.45, 2.75) is 31.5 Å². The average Bonchev–Trinajstić information content (AvgIpc) is 2.02. The van der Waals surface area contributed by atoms with Gasteiger partial charge in [-0.25, -0.2) is 9.97 Å². The Labute approximate surface area is 86.0 Å². The van der Waals surface area contributed by atoms with E-state index in [0.717, 1.165) is 19.3 Å². The average molecular weight is 215 g/mol. The highest BCUT2D eigenvalue weighted by atomic mass is 19.4. The lowest BCUT2D eigenvalue weighted by atomic mass is 9.76. The van der Waals surface area contributed by atoms with Gasteiger partial charge in [0.25, 0.3) is 0 Å². The molecule has 2 nitrogen and oxygen atoms in total. The van der Waals surface area contributed by atoms with Crippen molar-refractivity contribution in [3.8, 4) is 0 Å². The van der Waals surface area contributed by atoms with Crippen LogP contribution in [0.3, 0.4) is 0 Å². The molecular weight excluding hydrogens is 204 g/mol. The van der Waals surface area contributed by atoms with E-state index in [9.17, 15) is 12.9 Å². The fourth-order valence-electron chi connectivity index (χ4n) is 1.82. The van der Waals surface area contributed by atoms with E-state index in [1.54, 1.807) is 0 Å². The topological polar surface area (TPSA) is 25.8 Å². The summed E-state index contributed by atoms with van der Waals surface area (Å²) in [5.41, 5.74) is 0.866. The molecule has 15 heavy (non-hydrogen) atoms. The van der Waals surface area contributed by atoms with Crippen LogP contribution in [0.2, 0.25) is 0 Å². The first-order valence-corrected chi connectivity index (χ1v) is 5.06. The lowest BCUT2D eigenvalue weighted by Gasteiger charge is -2.27. The van der Waals surface area contributed by atoms with Gasteiger partial charge in [0.1, 0.15) is 6.33 Å². The van der Waals surface area contributed by atoms with Crippen molar-refractivity contribution in [3.05, 3.63) is 23.8 Å². The van der Waals surface area contributed by atoms with Gasteiger partial charge in [-0.15, -0.1) is 0 Å². The number of rotatable bonds is 3. The number of hydrogen-bond acceptors (Lipinski definition) is 2. The van der Waals surface area contributed by atoms with Gasteiger partial charge in [0, 0.05) is 17.8 Å². The molecule has 1 heterocycles. The highest BCUT2D eigenvalue weighted by Crippen LogP contribution is 2.37. The molecule has 0 spiro atoms. The van der Waals surface area contributed by atoms with Crippen LogP contribution < -0.4 is 0 Å². The molecule has 0 N–H and O–H groups in total. The first-order chi connectivity index (χ1) is 7.06. The Morgan fingerprint density at radius 1 is 1.33 bits per heavy atom. The highest BCUT2D eigenvalue weighted by Gasteiger charge is 2.29. The van der Waals surface area contributed by atoms with Gasteiger partial charge in [-0.3, -0.25) is 0 Å². The standard InChI is InChI=1S/C9H11BF3N2/c11-10(12,13)4-8-5-14-6-15-9(8)7-2-1-3-7/h5-7H,1-4H2/q-1. The minimum atomic E-state index is -4.79. The van der Waals surface area contributed by atoms with E-state index in [2.05, 4.69) is 9.97 Å².